The van der Waals surface area contributed by atoms with Gasteiger partial charge in [-0.3, -0.25) is 4.79 Å². The van der Waals surface area contributed by atoms with Crippen molar-refractivity contribution in [3.8, 4) is 0 Å². The summed E-state index contributed by atoms with van der Waals surface area (Å²) in [6.45, 7) is 8.16. The highest BCUT2D eigenvalue weighted by Crippen LogP contribution is 2.30. The van der Waals surface area contributed by atoms with Crippen molar-refractivity contribution >= 4 is 5.97 Å². The lowest BCUT2D eigenvalue weighted by Gasteiger charge is -2.23. The van der Waals surface area contributed by atoms with E-state index in [1.165, 1.54) is 0 Å². The Balaban J connectivity index is 2.56. The fourth-order valence-electron chi connectivity index (χ4n) is 1.58. The van der Waals surface area contributed by atoms with Gasteiger partial charge in [-0.15, -0.1) is 0 Å². The molecular formula is C9H17NO2. The molecule has 0 saturated carbocycles. The van der Waals surface area contributed by atoms with E-state index in [0.717, 1.165) is 13.1 Å². The van der Waals surface area contributed by atoms with Crippen LogP contribution in [-0.4, -0.2) is 25.7 Å². The Morgan fingerprint density at radius 2 is 2.33 bits per heavy atom. The molecule has 0 spiro atoms. The zero-order chi connectivity index (χ0) is 9.19. The number of carbonyl (C=O) groups is 1. The topological polar surface area (TPSA) is 38.3 Å². The van der Waals surface area contributed by atoms with Crippen LogP contribution in [-0.2, 0) is 9.53 Å². The molecule has 1 saturated heterocycles. The normalized spacial score (nSPS) is 27.1. The van der Waals surface area contributed by atoms with Crippen LogP contribution in [0, 0.1) is 11.3 Å². The predicted octanol–water partition coefficient (Wildman–Crippen LogP) is 0.795. The lowest BCUT2D eigenvalue weighted by Crippen LogP contribution is -2.30. The summed E-state index contributed by atoms with van der Waals surface area (Å²) < 4.78 is 4.98. The molecule has 0 bridgehead atoms. The molecule has 0 aromatic heterocycles. The molecule has 3 heteroatoms. The maximum absolute atomic E-state index is 11.4. The van der Waals surface area contributed by atoms with Gasteiger partial charge in [-0.2, -0.15) is 0 Å². The van der Waals surface area contributed by atoms with Gasteiger partial charge >= 0.3 is 5.97 Å². The summed E-state index contributed by atoms with van der Waals surface area (Å²) >= 11 is 0. The van der Waals surface area contributed by atoms with Gasteiger partial charge in [-0.05, 0) is 12.3 Å². The molecule has 70 valence electrons. The molecule has 1 aliphatic rings. The summed E-state index contributed by atoms with van der Waals surface area (Å²) in [7, 11) is 0. The molecule has 1 N–H and O–H groups in total. The average molecular weight is 171 g/mol. The van der Waals surface area contributed by atoms with Crippen LogP contribution >= 0.6 is 0 Å². The number of ether oxygens (including phenoxy) is 1. The molecule has 1 atom stereocenters. The van der Waals surface area contributed by atoms with Gasteiger partial charge in [0.2, 0.25) is 0 Å². The molecule has 0 unspecified atom stereocenters. The van der Waals surface area contributed by atoms with E-state index in [1.54, 1.807) is 0 Å². The molecule has 1 aliphatic heterocycles. The van der Waals surface area contributed by atoms with Crippen molar-refractivity contribution in [3.05, 3.63) is 0 Å². The van der Waals surface area contributed by atoms with Crippen LogP contribution in [0.1, 0.15) is 20.8 Å². The van der Waals surface area contributed by atoms with Gasteiger partial charge in [0.05, 0.1) is 12.5 Å². The molecule has 0 aromatic rings. The fourth-order valence-corrected chi connectivity index (χ4v) is 1.58. The number of rotatable bonds is 2. The molecule has 12 heavy (non-hydrogen) atoms. The molecule has 1 rings (SSSR count). The van der Waals surface area contributed by atoms with Crippen molar-refractivity contribution in [1.29, 1.82) is 0 Å². The van der Waals surface area contributed by atoms with E-state index in [9.17, 15) is 4.79 Å². The summed E-state index contributed by atoms with van der Waals surface area (Å²) in [4.78, 5) is 11.4. The minimum absolute atomic E-state index is 0.0254. The number of hydrogen-bond donors (Lipinski definition) is 1. The minimum atomic E-state index is -0.0625. The highest BCUT2D eigenvalue weighted by Gasteiger charge is 2.40. The maximum Gasteiger partial charge on any atom is 0.310 e. The average Bonchev–Trinajstić information content (AvgIpc) is 2.30. The minimum Gasteiger partial charge on any atom is -0.466 e. The first-order valence-corrected chi connectivity index (χ1v) is 4.45. The van der Waals surface area contributed by atoms with Crippen LogP contribution in [0.15, 0.2) is 0 Å². The van der Waals surface area contributed by atoms with Crippen molar-refractivity contribution in [1.82, 2.24) is 5.32 Å². The third-order valence-electron chi connectivity index (χ3n) is 2.44. The molecule has 1 fully saturated rings. The molecule has 0 aliphatic carbocycles. The summed E-state index contributed by atoms with van der Waals surface area (Å²) in [5, 5.41) is 3.20. The fraction of sp³-hybridized carbons (Fsp3) is 0.889. The van der Waals surface area contributed by atoms with Crippen molar-refractivity contribution in [2.75, 3.05) is 19.7 Å². The maximum atomic E-state index is 11.4. The largest absolute Gasteiger partial charge is 0.466 e. The van der Waals surface area contributed by atoms with E-state index in [0.29, 0.717) is 6.61 Å². The van der Waals surface area contributed by atoms with Gasteiger partial charge in [0.1, 0.15) is 0 Å². The molecular weight excluding hydrogens is 154 g/mol. The van der Waals surface area contributed by atoms with Crippen molar-refractivity contribution in [2.45, 2.75) is 20.8 Å². The summed E-state index contributed by atoms with van der Waals surface area (Å²) in [5.74, 6) is -0.0371. The second kappa shape index (κ2) is 3.44. The molecule has 3 nitrogen and oxygen atoms in total. The van der Waals surface area contributed by atoms with Crippen LogP contribution < -0.4 is 5.32 Å². The number of nitrogens with one attached hydrogen (secondary N) is 1. The van der Waals surface area contributed by atoms with Crippen LogP contribution in [0.3, 0.4) is 0 Å². The van der Waals surface area contributed by atoms with Crippen LogP contribution in [0.5, 0.6) is 0 Å². The first-order valence-electron chi connectivity index (χ1n) is 4.45. The Kier molecular flexibility index (Phi) is 2.73. The standard InChI is InChI=1S/C9H17NO2/c1-4-12-8(11)7-5-10-6-9(7,2)3/h7,10H,4-6H2,1-3H3/t7-/m0/s1. The first-order chi connectivity index (χ1) is 5.58. The van der Waals surface area contributed by atoms with E-state index in [-0.39, 0.29) is 17.3 Å². The van der Waals surface area contributed by atoms with Crippen molar-refractivity contribution in [3.63, 3.8) is 0 Å². The van der Waals surface area contributed by atoms with Crippen molar-refractivity contribution in [2.24, 2.45) is 11.3 Å². The van der Waals surface area contributed by atoms with Crippen LogP contribution in [0.25, 0.3) is 0 Å². The first kappa shape index (κ1) is 9.52. The quantitative estimate of drug-likeness (QED) is 0.624. The lowest BCUT2D eigenvalue weighted by atomic mass is 9.82. The van der Waals surface area contributed by atoms with Gasteiger partial charge in [-0.1, -0.05) is 13.8 Å². The summed E-state index contributed by atoms with van der Waals surface area (Å²) in [5.41, 5.74) is 0.0479. The van der Waals surface area contributed by atoms with Crippen LogP contribution in [0.2, 0.25) is 0 Å². The highest BCUT2D eigenvalue weighted by molar-refractivity contribution is 5.74. The van der Waals surface area contributed by atoms with Gasteiger partial charge < -0.3 is 10.1 Å². The van der Waals surface area contributed by atoms with E-state index in [1.807, 2.05) is 6.92 Å². The molecule has 0 aromatic carbocycles. The van der Waals surface area contributed by atoms with Gasteiger partial charge in [0, 0.05) is 13.1 Å². The summed E-state index contributed by atoms with van der Waals surface area (Å²) in [6, 6.07) is 0. The monoisotopic (exact) mass is 171 g/mol. The SMILES string of the molecule is CCOC(=O)[C@@H]1CNCC1(C)C. The Hall–Kier alpha value is -0.570. The lowest BCUT2D eigenvalue weighted by molar-refractivity contribution is -0.150. The van der Waals surface area contributed by atoms with E-state index in [2.05, 4.69) is 19.2 Å². The van der Waals surface area contributed by atoms with E-state index >= 15 is 0 Å². The summed E-state index contributed by atoms with van der Waals surface area (Å²) in [6.07, 6.45) is 0. The second-order valence-corrected chi connectivity index (χ2v) is 3.92. The second-order valence-electron chi connectivity index (χ2n) is 3.92. The van der Waals surface area contributed by atoms with Crippen LogP contribution in [0.4, 0.5) is 0 Å². The van der Waals surface area contributed by atoms with E-state index < -0.39 is 0 Å². The molecule has 0 amide bonds. The third kappa shape index (κ3) is 1.78. The number of carbonyl (C=O) groups excluding carboxylic acids is 1. The Morgan fingerprint density at radius 1 is 1.67 bits per heavy atom. The third-order valence-corrected chi connectivity index (χ3v) is 2.44. The zero-order valence-corrected chi connectivity index (χ0v) is 8.02. The molecule has 0 radical (unpaired) electrons. The smallest absolute Gasteiger partial charge is 0.310 e. The number of esters is 1. The van der Waals surface area contributed by atoms with Gasteiger partial charge in [0.25, 0.3) is 0 Å². The number of hydrogen-bond acceptors (Lipinski definition) is 3. The Morgan fingerprint density at radius 3 is 2.75 bits per heavy atom. The Labute approximate surface area is 73.5 Å². The van der Waals surface area contributed by atoms with E-state index in [4.69, 9.17) is 4.74 Å². The van der Waals surface area contributed by atoms with Gasteiger partial charge in [-0.25, -0.2) is 0 Å². The zero-order valence-electron chi connectivity index (χ0n) is 8.02. The molecule has 1 heterocycles. The highest BCUT2D eigenvalue weighted by atomic mass is 16.5. The Bertz CT molecular complexity index is 177. The van der Waals surface area contributed by atoms with Gasteiger partial charge in [0.15, 0.2) is 0 Å². The predicted molar refractivity (Wildman–Crippen MR) is 46.8 cm³/mol. The van der Waals surface area contributed by atoms with Crippen molar-refractivity contribution < 1.29 is 9.53 Å².